The molecule has 1 atom stereocenters. The van der Waals surface area contributed by atoms with Crippen LogP contribution in [0.15, 0.2) is 42.7 Å². The van der Waals surface area contributed by atoms with Gasteiger partial charge in [0, 0.05) is 24.1 Å². The summed E-state index contributed by atoms with van der Waals surface area (Å²) in [6.45, 7) is 7.26. The van der Waals surface area contributed by atoms with Crippen LogP contribution in [-0.2, 0) is 6.54 Å². The molecule has 4 heteroatoms. The Kier molecular flexibility index (Phi) is 5.39. The van der Waals surface area contributed by atoms with E-state index in [2.05, 4.69) is 47.4 Å². The molecule has 0 spiro atoms. The molecule has 2 rings (SSSR count). The molecule has 0 saturated heterocycles. The number of rotatable bonds is 7. The maximum absolute atomic E-state index is 9.70. The minimum Gasteiger partial charge on any atom is -0.394 e. The first-order chi connectivity index (χ1) is 10.2. The van der Waals surface area contributed by atoms with Crippen molar-refractivity contribution in [3.63, 3.8) is 0 Å². The topological polar surface area (TPSA) is 41.3 Å². The summed E-state index contributed by atoms with van der Waals surface area (Å²) in [5, 5.41) is 9.70. The van der Waals surface area contributed by atoms with E-state index in [9.17, 15) is 5.11 Å². The quantitative estimate of drug-likeness (QED) is 0.850. The summed E-state index contributed by atoms with van der Waals surface area (Å²) in [6, 6.07) is 10.7. The number of nitrogens with zero attached hydrogens (tertiary/aromatic N) is 3. The number of para-hydroxylation sites is 1. The van der Waals surface area contributed by atoms with E-state index in [1.807, 2.05) is 30.6 Å². The van der Waals surface area contributed by atoms with E-state index in [4.69, 9.17) is 0 Å². The van der Waals surface area contributed by atoms with Gasteiger partial charge in [-0.25, -0.2) is 4.98 Å². The van der Waals surface area contributed by atoms with Gasteiger partial charge in [-0.3, -0.25) is 0 Å². The summed E-state index contributed by atoms with van der Waals surface area (Å²) < 4.78 is 2.18. The minimum atomic E-state index is 0.102. The molecule has 1 heterocycles. The van der Waals surface area contributed by atoms with Crippen LogP contribution in [0.25, 0.3) is 0 Å². The molecule has 0 radical (unpaired) electrons. The van der Waals surface area contributed by atoms with Crippen LogP contribution in [0.5, 0.6) is 0 Å². The molecule has 1 aromatic carbocycles. The predicted molar refractivity (Wildman–Crippen MR) is 86.4 cm³/mol. The molecule has 0 aliphatic rings. The van der Waals surface area contributed by atoms with Crippen LogP contribution in [0.4, 0.5) is 5.69 Å². The van der Waals surface area contributed by atoms with Crippen LogP contribution in [-0.4, -0.2) is 27.3 Å². The Bertz CT molecular complexity index is 532. The highest BCUT2D eigenvalue weighted by molar-refractivity contribution is 5.47. The van der Waals surface area contributed by atoms with Gasteiger partial charge in [0.2, 0.25) is 0 Å². The standard InChI is InChI=1S/C17H25N3O/c1-4-15(13-21)20(16-8-6-5-7-9-16)12-17-18-10-11-19(17)14(2)3/h5-11,14-15,21H,4,12-13H2,1-3H3. The Labute approximate surface area is 127 Å². The molecule has 1 unspecified atom stereocenters. The van der Waals surface area contributed by atoms with E-state index in [0.29, 0.717) is 12.6 Å². The van der Waals surface area contributed by atoms with Crippen molar-refractivity contribution in [1.82, 2.24) is 9.55 Å². The Morgan fingerprint density at radius 1 is 1.24 bits per heavy atom. The second kappa shape index (κ2) is 7.27. The summed E-state index contributed by atoms with van der Waals surface area (Å²) in [5.41, 5.74) is 1.12. The lowest BCUT2D eigenvalue weighted by Gasteiger charge is -2.32. The summed E-state index contributed by atoms with van der Waals surface area (Å²) in [6.07, 6.45) is 4.76. The molecular weight excluding hydrogens is 262 g/mol. The number of aliphatic hydroxyl groups is 1. The highest BCUT2D eigenvalue weighted by Crippen LogP contribution is 2.21. The number of aromatic nitrogens is 2. The third kappa shape index (κ3) is 3.64. The van der Waals surface area contributed by atoms with Crippen LogP contribution < -0.4 is 4.90 Å². The zero-order valence-electron chi connectivity index (χ0n) is 13.1. The number of aliphatic hydroxyl groups excluding tert-OH is 1. The average molecular weight is 287 g/mol. The molecular formula is C17H25N3O. The fraction of sp³-hybridized carbons (Fsp3) is 0.471. The van der Waals surface area contributed by atoms with Crippen LogP contribution in [0.2, 0.25) is 0 Å². The van der Waals surface area contributed by atoms with Crippen LogP contribution in [0.3, 0.4) is 0 Å². The summed E-state index contributed by atoms with van der Waals surface area (Å²) in [5.74, 6) is 1.03. The fourth-order valence-electron chi connectivity index (χ4n) is 2.59. The molecule has 0 fully saturated rings. The van der Waals surface area contributed by atoms with Gasteiger partial charge in [-0.05, 0) is 32.4 Å². The van der Waals surface area contributed by atoms with Gasteiger partial charge in [0.15, 0.2) is 0 Å². The summed E-state index contributed by atoms with van der Waals surface area (Å²) in [7, 11) is 0. The lowest BCUT2D eigenvalue weighted by Crippen LogP contribution is -2.38. The van der Waals surface area contributed by atoms with Gasteiger partial charge < -0.3 is 14.6 Å². The van der Waals surface area contributed by atoms with Crippen molar-refractivity contribution >= 4 is 5.69 Å². The third-order valence-electron chi connectivity index (χ3n) is 3.83. The maximum atomic E-state index is 9.70. The largest absolute Gasteiger partial charge is 0.394 e. The maximum Gasteiger partial charge on any atom is 0.128 e. The molecule has 0 aliphatic heterocycles. The average Bonchev–Trinajstić information content (AvgIpc) is 2.97. The van der Waals surface area contributed by atoms with Gasteiger partial charge in [-0.15, -0.1) is 0 Å². The monoisotopic (exact) mass is 287 g/mol. The van der Waals surface area contributed by atoms with Gasteiger partial charge >= 0.3 is 0 Å². The van der Waals surface area contributed by atoms with Crippen molar-refractivity contribution in [2.45, 2.75) is 45.8 Å². The lowest BCUT2D eigenvalue weighted by atomic mass is 10.1. The molecule has 114 valence electrons. The summed E-state index contributed by atoms with van der Waals surface area (Å²) in [4.78, 5) is 6.73. The molecule has 0 aliphatic carbocycles. The van der Waals surface area contributed by atoms with E-state index < -0.39 is 0 Å². The first-order valence-corrected chi connectivity index (χ1v) is 7.61. The first-order valence-electron chi connectivity index (χ1n) is 7.61. The number of hydrogen-bond acceptors (Lipinski definition) is 3. The van der Waals surface area contributed by atoms with Crippen LogP contribution in [0.1, 0.15) is 39.1 Å². The molecule has 1 N–H and O–H groups in total. The Morgan fingerprint density at radius 2 is 1.95 bits per heavy atom. The number of benzene rings is 1. The normalized spacial score (nSPS) is 12.6. The van der Waals surface area contributed by atoms with E-state index in [1.165, 1.54) is 0 Å². The van der Waals surface area contributed by atoms with Crippen molar-refractivity contribution in [2.75, 3.05) is 11.5 Å². The summed E-state index contributed by atoms with van der Waals surface area (Å²) >= 11 is 0. The molecule has 21 heavy (non-hydrogen) atoms. The highest BCUT2D eigenvalue weighted by Gasteiger charge is 2.19. The van der Waals surface area contributed by atoms with Gasteiger partial charge in [0.05, 0.1) is 19.2 Å². The number of hydrogen-bond donors (Lipinski definition) is 1. The molecule has 4 nitrogen and oxygen atoms in total. The van der Waals surface area contributed by atoms with Crippen molar-refractivity contribution in [2.24, 2.45) is 0 Å². The zero-order valence-corrected chi connectivity index (χ0v) is 13.1. The second-order valence-electron chi connectivity index (χ2n) is 5.55. The molecule has 0 bridgehead atoms. The molecule has 0 saturated carbocycles. The Hall–Kier alpha value is -1.81. The Balaban J connectivity index is 2.30. The number of anilines is 1. The van der Waals surface area contributed by atoms with E-state index in [1.54, 1.807) is 0 Å². The smallest absolute Gasteiger partial charge is 0.128 e. The van der Waals surface area contributed by atoms with Crippen molar-refractivity contribution in [3.05, 3.63) is 48.5 Å². The molecule has 2 aromatic rings. The Morgan fingerprint density at radius 3 is 2.52 bits per heavy atom. The van der Waals surface area contributed by atoms with Crippen LogP contribution in [0, 0.1) is 0 Å². The predicted octanol–water partition coefficient (Wildman–Crippen LogP) is 3.24. The highest BCUT2D eigenvalue weighted by atomic mass is 16.3. The molecule has 0 amide bonds. The van der Waals surface area contributed by atoms with Gasteiger partial charge in [0.25, 0.3) is 0 Å². The third-order valence-corrected chi connectivity index (χ3v) is 3.83. The van der Waals surface area contributed by atoms with Gasteiger partial charge in [-0.1, -0.05) is 25.1 Å². The number of imidazole rings is 1. The second-order valence-corrected chi connectivity index (χ2v) is 5.55. The van der Waals surface area contributed by atoms with Crippen molar-refractivity contribution < 1.29 is 5.11 Å². The van der Waals surface area contributed by atoms with Gasteiger partial charge in [-0.2, -0.15) is 0 Å². The molecule has 1 aromatic heterocycles. The van der Waals surface area contributed by atoms with Gasteiger partial charge in [0.1, 0.15) is 5.82 Å². The SMILES string of the molecule is CCC(CO)N(Cc1nccn1C(C)C)c1ccccc1. The fourth-order valence-corrected chi connectivity index (χ4v) is 2.59. The first kappa shape index (κ1) is 15.6. The van der Waals surface area contributed by atoms with Crippen molar-refractivity contribution in [1.29, 1.82) is 0 Å². The van der Waals surface area contributed by atoms with E-state index >= 15 is 0 Å². The van der Waals surface area contributed by atoms with E-state index in [0.717, 1.165) is 17.9 Å². The van der Waals surface area contributed by atoms with E-state index in [-0.39, 0.29) is 12.6 Å². The zero-order chi connectivity index (χ0) is 15.2. The minimum absolute atomic E-state index is 0.102. The van der Waals surface area contributed by atoms with Crippen molar-refractivity contribution in [3.8, 4) is 0 Å². The lowest BCUT2D eigenvalue weighted by molar-refractivity contribution is 0.254. The van der Waals surface area contributed by atoms with Crippen LogP contribution >= 0.6 is 0 Å².